The number of anilines is 3. The first-order chi connectivity index (χ1) is 19.7. The van der Waals surface area contributed by atoms with Gasteiger partial charge in [0.25, 0.3) is 0 Å². The number of hydrogen-bond donors (Lipinski definition) is 3. The summed E-state index contributed by atoms with van der Waals surface area (Å²) < 4.78 is 7.48. The molecule has 2 aromatic heterocycles. The van der Waals surface area contributed by atoms with Crippen molar-refractivity contribution in [1.29, 1.82) is 0 Å². The highest BCUT2D eigenvalue weighted by Gasteiger charge is 2.22. The van der Waals surface area contributed by atoms with E-state index >= 15 is 0 Å². The van der Waals surface area contributed by atoms with E-state index < -0.39 is 6.03 Å². The summed E-state index contributed by atoms with van der Waals surface area (Å²) in [5.74, 6) is 1.82. The van der Waals surface area contributed by atoms with Crippen molar-refractivity contribution in [3.8, 4) is 17.2 Å². The van der Waals surface area contributed by atoms with Gasteiger partial charge in [0.15, 0.2) is 0 Å². The van der Waals surface area contributed by atoms with E-state index in [1.807, 2.05) is 30.3 Å². The Kier molecular flexibility index (Phi) is 8.30. The van der Waals surface area contributed by atoms with Gasteiger partial charge in [0.2, 0.25) is 5.91 Å². The van der Waals surface area contributed by atoms with E-state index in [1.165, 1.54) is 0 Å². The number of rotatable bonds is 8. The summed E-state index contributed by atoms with van der Waals surface area (Å²) in [6, 6.07) is 19.5. The molecule has 0 aliphatic carbocycles. The Morgan fingerprint density at radius 3 is 2.10 bits per heavy atom. The Bertz CT molecular complexity index is 1470. The van der Waals surface area contributed by atoms with Crippen LogP contribution in [0.15, 0.2) is 79.1 Å². The van der Waals surface area contributed by atoms with E-state index in [1.54, 1.807) is 53.5 Å². The second-order valence-corrected chi connectivity index (χ2v) is 11.0. The van der Waals surface area contributed by atoms with E-state index in [2.05, 4.69) is 46.6 Å². The molecule has 4 aromatic rings. The van der Waals surface area contributed by atoms with Crippen LogP contribution in [0, 0.1) is 0 Å². The highest BCUT2D eigenvalue weighted by atomic mass is 16.5. The Morgan fingerprint density at radius 2 is 1.44 bits per heavy atom. The molecule has 0 bridgehead atoms. The summed E-state index contributed by atoms with van der Waals surface area (Å²) in [5, 5.41) is 13.5. The lowest BCUT2D eigenvalue weighted by Crippen LogP contribution is -2.30. The molecule has 1 saturated heterocycles. The number of nitrogens with one attached hydrogen (secondary N) is 3. The molecule has 10 nitrogen and oxygen atoms in total. The van der Waals surface area contributed by atoms with Crippen LogP contribution in [0.25, 0.3) is 5.69 Å². The second kappa shape index (κ2) is 12.2. The largest absolute Gasteiger partial charge is 0.457 e. The lowest BCUT2D eigenvalue weighted by Gasteiger charge is -2.15. The molecule has 41 heavy (non-hydrogen) atoms. The van der Waals surface area contributed by atoms with Crippen molar-refractivity contribution in [2.45, 2.75) is 39.0 Å². The van der Waals surface area contributed by atoms with E-state index in [4.69, 9.17) is 9.84 Å². The maximum Gasteiger partial charge on any atom is 0.324 e. The van der Waals surface area contributed by atoms with Gasteiger partial charge in [0.05, 0.1) is 17.9 Å². The molecule has 1 aliphatic rings. The van der Waals surface area contributed by atoms with Crippen LogP contribution >= 0.6 is 0 Å². The minimum Gasteiger partial charge on any atom is -0.457 e. The number of urea groups is 1. The molecule has 2 aromatic carbocycles. The van der Waals surface area contributed by atoms with E-state index in [9.17, 15) is 9.59 Å². The van der Waals surface area contributed by atoms with Crippen LogP contribution in [-0.2, 0) is 10.2 Å². The van der Waals surface area contributed by atoms with Crippen molar-refractivity contribution in [1.82, 2.24) is 19.7 Å². The van der Waals surface area contributed by atoms with Crippen molar-refractivity contribution in [2.24, 2.45) is 0 Å². The number of hydrogen-bond acceptors (Lipinski definition) is 6. The fraction of sp³-hybridized carbons (Fsp3) is 0.290. The molecule has 10 heteroatoms. The normalized spacial score (nSPS) is 13.5. The highest BCUT2D eigenvalue weighted by molar-refractivity contribution is 5.99. The average molecular weight is 554 g/mol. The van der Waals surface area contributed by atoms with Gasteiger partial charge in [-0.15, -0.1) is 0 Å². The van der Waals surface area contributed by atoms with Gasteiger partial charge in [-0.2, -0.15) is 5.10 Å². The van der Waals surface area contributed by atoms with Gasteiger partial charge in [-0.25, -0.2) is 9.48 Å². The van der Waals surface area contributed by atoms with E-state index in [-0.39, 0.29) is 11.3 Å². The molecule has 5 rings (SSSR count). The first-order valence-corrected chi connectivity index (χ1v) is 13.7. The molecule has 3 N–H and O–H groups in total. The number of likely N-dealkylation sites (tertiary alicyclic amines) is 1. The lowest BCUT2D eigenvalue weighted by molar-refractivity contribution is -0.117. The summed E-state index contributed by atoms with van der Waals surface area (Å²) in [5.41, 5.74) is 2.68. The fourth-order valence-electron chi connectivity index (χ4n) is 4.49. The van der Waals surface area contributed by atoms with Crippen molar-refractivity contribution in [2.75, 3.05) is 35.6 Å². The van der Waals surface area contributed by atoms with E-state index in [0.29, 0.717) is 35.2 Å². The fourth-order valence-corrected chi connectivity index (χ4v) is 4.49. The van der Waals surface area contributed by atoms with Gasteiger partial charge in [-0.05, 0) is 86.6 Å². The molecule has 3 heterocycles. The number of benzene rings is 2. The highest BCUT2D eigenvalue weighted by Crippen LogP contribution is 2.27. The molecule has 0 atom stereocenters. The predicted molar refractivity (Wildman–Crippen MR) is 160 cm³/mol. The van der Waals surface area contributed by atoms with Crippen LogP contribution in [0.5, 0.6) is 11.5 Å². The Hall–Kier alpha value is -4.70. The third-order valence-electron chi connectivity index (χ3n) is 6.68. The predicted octanol–water partition coefficient (Wildman–Crippen LogP) is 6.04. The van der Waals surface area contributed by atoms with Crippen LogP contribution in [0.3, 0.4) is 0 Å². The number of carbonyl (C=O) groups is 2. The smallest absolute Gasteiger partial charge is 0.324 e. The molecule has 3 amide bonds. The van der Waals surface area contributed by atoms with Crippen LogP contribution in [0.4, 0.5) is 22.0 Å². The Labute approximate surface area is 239 Å². The first-order valence-electron chi connectivity index (χ1n) is 13.7. The maximum atomic E-state index is 13.0. The lowest BCUT2D eigenvalue weighted by atomic mass is 9.92. The molecule has 0 unspecified atom stereocenters. The van der Waals surface area contributed by atoms with Crippen molar-refractivity contribution in [3.05, 3.63) is 84.8 Å². The number of pyridine rings is 1. The molecular weight excluding hydrogens is 518 g/mol. The third-order valence-corrected chi connectivity index (χ3v) is 6.68. The topological polar surface area (TPSA) is 113 Å². The monoisotopic (exact) mass is 553 g/mol. The minimum atomic E-state index is -0.403. The summed E-state index contributed by atoms with van der Waals surface area (Å²) in [4.78, 5) is 31.5. The van der Waals surface area contributed by atoms with Gasteiger partial charge in [-0.1, -0.05) is 20.8 Å². The standard InChI is InChI=1S/C31H35N7O3/c1-31(2,3)27-20-28(35-30(40)34-23-8-12-25(13-9-23)41-26-14-16-32-17-15-26)38(36-27)24-10-6-22(7-11-24)33-29(39)21-37-18-4-5-19-37/h6-17,20H,4-5,18-19,21H2,1-3H3,(H,33,39)(H2,34,35,40). The maximum absolute atomic E-state index is 13.0. The van der Waals surface area contributed by atoms with Gasteiger partial charge < -0.3 is 15.4 Å². The zero-order valence-electron chi connectivity index (χ0n) is 23.6. The van der Waals surface area contributed by atoms with Crippen molar-refractivity contribution < 1.29 is 14.3 Å². The average Bonchev–Trinajstić information content (AvgIpc) is 3.61. The van der Waals surface area contributed by atoms with Crippen LogP contribution in [0.1, 0.15) is 39.3 Å². The van der Waals surface area contributed by atoms with E-state index in [0.717, 1.165) is 37.3 Å². The summed E-state index contributed by atoms with van der Waals surface area (Å²) >= 11 is 0. The molecule has 0 spiro atoms. The second-order valence-electron chi connectivity index (χ2n) is 11.0. The number of nitrogens with zero attached hydrogens (tertiary/aromatic N) is 4. The van der Waals surface area contributed by atoms with Crippen LogP contribution < -0.4 is 20.7 Å². The Morgan fingerprint density at radius 1 is 0.829 bits per heavy atom. The Balaban J connectivity index is 1.25. The first kappa shape index (κ1) is 27.9. The van der Waals surface area contributed by atoms with Crippen molar-refractivity contribution in [3.63, 3.8) is 0 Å². The summed E-state index contributed by atoms with van der Waals surface area (Å²) in [6.45, 7) is 8.54. The van der Waals surface area contributed by atoms with Crippen LogP contribution in [0.2, 0.25) is 0 Å². The minimum absolute atomic E-state index is 0.0234. The van der Waals surface area contributed by atoms with Crippen LogP contribution in [-0.4, -0.2) is 51.2 Å². The number of aromatic nitrogens is 3. The van der Waals surface area contributed by atoms with Gasteiger partial charge in [0, 0.05) is 35.2 Å². The summed E-state index contributed by atoms with van der Waals surface area (Å²) in [6.07, 6.45) is 5.61. The van der Waals surface area contributed by atoms with Gasteiger partial charge >= 0.3 is 6.03 Å². The quantitative estimate of drug-likeness (QED) is 0.245. The van der Waals surface area contributed by atoms with Gasteiger partial charge in [-0.3, -0.25) is 20.0 Å². The number of carbonyl (C=O) groups excluding carboxylic acids is 2. The summed E-state index contributed by atoms with van der Waals surface area (Å²) in [7, 11) is 0. The van der Waals surface area contributed by atoms with Gasteiger partial charge in [0.1, 0.15) is 17.3 Å². The third kappa shape index (κ3) is 7.49. The molecule has 1 aliphatic heterocycles. The SMILES string of the molecule is CC(C)(C)c1cc(NC(=O)Nc2ccc(Oc3ccncc3)cc2)n(-c2ccc(NC(=O)CN3CCCC3)cc2)n1. The molecular formula is C31H35N7O3. The zero-order valence-corrected chi connectivity index (χ0v) is 23.6. The zero-order chi connectivity index (χ0) is 28.8. The molecule has 0 radical (unpaired) electrons. The van der Waals surface area contributed by atoms with Crippen molar-refractivity contribution >= 4 is 29.1 Å². The molecule has 0 saturated carbocycles. The number of ether oxygens (including phenoxy) is 1. The molecule has 1 fully saturated rings. The number of amides is 3. The molecule has 212 valence electrons.